The van der Waals surface area contributed by atoms with Gasteiger partial charge >= 0.3 is 0 Å². The minimum absolute atomic E-state index is 0. The smallest absolute Gasteiger partial charge is 0.272 e. The first kappa shape index (κ1) is 16.1. The van der Waals surface area contributed by atoms with Gasteiger partial charge in [0, 0.05) is 16.1 Å². The molecule has 0 atom stereocenters. The summed E-state index contributed by atoms with van der Waals surface area (Å²) >= 11 is 9.20. The Bertz CT molecular complexity index is 588. The van der Waals surface area contributed by atoms with Gasteiger partial charge in [0.1, 0.15) is 6.20 Å². The van der Waals surface area contributed by atoms with E-state index in [1.54, 1.807) is 35.0 Å². The Morgan fingerprint density at radius 3 is 2.47 bits per heavy atom. The third-order valence-corrected chi connectivity index (χ3v) is 3.26. The van der Waals surface area contributed by atoms with Crippen molar-refractivity contribution in [2.24, 2.45) is 0 Å². The summed E-state index contributed by atoms with van der Waals surface area (Å²) in [6, 6.07) is 10.6. The molecule has 0 spiro atoms. The fourth-order valence-corrected chi connectivity index (χ4v) is 1.99. The first-order chi connectivity index (χ1) is 8.56. The Morgan fingerprint density at radius 2 is 1.84 bits per heavy atom. The fourth-order valence-electron chi connectivity index (χ4n) is 1.55. The first-order valence-electron chi connectivity index (χ1n) is 5.29. The van der Waals surface area contributed by atoms with Crippen LogP contribution < -0.4 is 27.3 Å². The van der Waals surface area contributed by atoms with E-state index < -0.39 is 0 Å². The number of benzene rings is 1. The summed E-state index contributed by atoms with van der Waals surface area (Å²) in [5.41, 5.74) is 6.43. The van der Waals surface area contributed by atoms with Crippen LogP contribution in [-0.4, -0.2) is 5.78 Å². The van der Waals surface area contributed by atoms with Crippen molar-refractivity contribution >= 4 is 39.1 Å². The highest BCUT2D eigenvalue weighted by Crippen LogP contribution is 2.11. The van der Waals surface area contributed by atoms with Crippen LogP contribution in [-0.2, 0) is 6.54 Å². The number of carbonyl (C=O) groups excluding carboxylic acids is 1. The number of carbonyl (C=O) groups is 1. The van der Waals surface area contributed by atoms with Gasteiger partial charge in [-0.3, -0.25) is 10.5 Å². The Balaban J connectivity index is 0.00000180. The molecular formula is C13H11Br2ClN2O. The largest absolute Gasteiger partial charge is 1.00 e. The highest BCUT2D eigenvalue weighted by Gasteiger charge is 2.12. The quantitative estimate of drug-likeness (QED) is 0.570. The minimum atomic E-state index is -0.0125. The van der Waals surface area contributed by atoms with Crippen molar-refractivity contribution < 1.29 is 26.3 Å². The number of hydrogen-bond acceptors (Lipinski definition) is 2. The van der Waals surface area contributed by atoms with Crippen LogP contribution in [0.1, 0.15) is 10.4 Å². The molecule has 6 heteroatoms. The summed E-state index contributed by atoms with van der Waals surface area (Å²) in [7, 11) is 0. The normalized spacial score (nSPS) is 9.79. The van der Waals surface area contributed by atoms with Crippen molar-refractivity contribution in [3.8, 4) is 0 Å². The van der Waals surface area contributed by atoms with Gasteiger partial charge in [-0.1, -0.05) is 39.7 Å². The molecule has 1 aromatic heterocycles. The van der Waals surface area contributed by atoms with E-state index in [9.17, 15) is 4.79 Å². The summed E-state index contributed by atoms with van der Waals surface area (Å²) in [5, 5.41) is 0.549. The van der Waals surface area contributed by atoms with E-state index in [4.69, 9.17) is 17.3 Å². The second-order valence-electron chi connectivity index (χ2n) is 3.83. The van der Waals surface area contributed by atoms with Gasteiger partial charge in [-0.05, 0) is 18.2 Å². The number of pyridine rings is 1. The lowest BCUT2D eigenvalue weighted by Gasteiger charge is -2.03. The highest BCUT2D eigenvalue weighted by molar-refractivity contribution is 9.10. The van der Waals surface area contributed by atoms with Gasteiger partial charge in [0.05, 0.1) is 5.02 Å². The first-order valence-corrected chi connectivity index (χ1v) is 6.46. The summed E-state index contributed by atoms with van der Waals surface area (Å²) in [4.78, 5) is 12.1. The Morgan fingerprint density at radius 1 is 1.21 bits per heavy atom. The number of nitrogen functional groups attached to an aromatic ring is 1. The summed E-state index contributed by atoms with van der Waals surface area (Å²) < 4.78 is 2.57. The molecule has 1 heterocycles. The topological polar surface area (TPSA) is 47.0 Å². The molecule has 3 nitrogen and oxygen atoms in total. The zero-order chi connectivity index (χ0) is 13.1. The van der Waals surface area contributed by atoms with E-state index >= 15 is 0 Å². The molecule has 0 aliphatic heterocycles. The number of hydrogen-bond donors (Lipinski definition) is 1. The van der Waals surface area contributed by atoms with Crippen LogP contribution in [0.25, 0.3) is 0 Å². The van der Waals surface area contributed by atoms with E-state index in [0.717, 1.165) is 4.47 Å². The van der Waals surface area contributed by atoms with Gasteiger partial charge < -0.3 is 17.0 Å². The van der Waals surface area contributed by atoms with Crippen LogP contribution in [0.15, 0.2) is 47.1 Å². The SMILES string of the molecule is Nc1ccc(Cl)c[n+]1CC(=O)c1ccc(Br)cc1.[Br-]. The third kappa shape index (κ3) is 4.30. The van der Waals surface area contributed by atoms with Crippen molar-refractivity contribution in [2.45, 2.75) is 6.54 Å². The number of aromatic nitrogens is 1. The maximum atomic E-state index is 12.1. The van der Waals surface area contributed by atoms with Gasteiger partial charge in [0.25, 0.3) is 5.82 Å². The van der Waals surface area contributed by atoms with E-state index in [0.29, 0.717) is 16.4 Å². The number of halogens is 3. The van der Waals surface area contributed by atoms with E-state index in [1.807, 2.05) is 12.1 Å². The van der Waals surface area contributed by atoms with Gasteiger partial charge in [-0.15, -0.1) is 0 Å². The molecule has 0 saturated carbocycles. The van der Waals surface area contributed by atoms with E-state index in [2.05, 4.69) is 15.9 Å². The van der Waals surface area contributed by atoms with Crippen LogP contribution >= 0.6 is 27.5 Å². The van der Waals surface area contributed by atoms with Crippen LogP contribution in [0, 0.1) is 0 Å². The third-order valence-electron chi connectivity index (χ3n) is 2.50. The van der Waals surface area contributed by atoms with E-state index in [1.165, 1.54) is 0 Å². The molecule has 0 amide bonds. The maximum Gasteiger partial charge on any atom is 0.272 e. The molecule has 100 valence electrons. The fraction of sp³-hybridized carbons (Fsp3) is 0.0769. The van der Waals surface area contributed by atoms with Crippen LogP contribution in [0.3, 0.4) is 0 Å². The number of anilines is 1. The van der Waals surface area contributed by atoms with Gasteiger partial charge in [0.15, 0.2) is 6.54 Å². The van der Waals surface area contributed by atoms with Crippen LogP contribution in [0.4, 0.5) is 5.82 Å². The van der Waals surface area contributed by atoms with E-state index in [-0.39, 0.29) is 29.3 Å². The Labute approximate surface area is 135 Å². The molecule has 0 unspecified atom stereocenters. The van der Waals surface area contributed by atoms with Crippen molar-refractivity contribution in [1.29, 1.82) is 0 Å². The molecule has 0 aliphatic rings. The standard InChI is InChI=1S/C13H10BrClN2O.BrH/c14-10-3-1-9(2-4-10)12(18)8-17-7-11(15)5-6-13(17)16;/h1-7,16H,8H2;1H. The maximum absolute atomic E-state index is 12.1. The molecule has 0 bridgehead atoms. The predicted molar refractivity (Wildman–Crippen MR) is 74.5 cm³/mol. The second kappa shape index (κ2) is 7.03. The molecule has 2 rings (SSSR count). The average molecular weight is 407 g/mol. The molecule has 0 saturated heterocycles. The monoisotopic (exact) mass is 404 g/mol. The summed E-state index contributed by atoms with van der Waals surface area (Å²) in [6.07, 6.45) is 1.65. The van der Waals surface area contributed by atoms with Crippen molar-refractivity contribution in [3.05, 3.63) is 57.7 Å². The van der Waals surface area contributed by atoms with Crippen molar-refractivity contribution in [1.82, 2.24) is 0 Å². The second-order valence-corrected chi connectivity index (χ2v) is 5.18. The molecule has 0 fully saturated rings. The lowest BCUT2D eigenvalue weighted by atomic mass is 10.1. The van der Waals surface area contributed by atoms with Gasteiger partial charge in [-0.2, -0.15) is 0 Å². The summed E-state index contributed by atoms with van der Waals surface area (Å²) in [6.45, 7) is 0.175. The lowest BCUT2D eigenvalue weighted by Crippen LogP contribution is -3.00. The van der Waals surface area contributed by atoms with Crippen molar-refractivity contribution in [2.75, 3.05) is 5.73 Å². The van der Waals surface area contributed by atoms with Gasteiger partial charge in [0.2, 0.25) is 5.78 Å². The van der Waals surface area contributed by atoms with Crippen LogP contribution in [0.5, 0.6) is 0 Å². The minimum Gasteiger partial charge on any atom is -1.00 e. The molecule has 1 aromatic carbocycles. The molecule has 19 heavy (non-hydrogen) atoms. The molecule has 2 aromatic rings. The molecule has 0 radical (unpaired) electrons. The highest BCUT2D eigenvalue weighted by atomic mass is 79.9. The van der Waals surface area contributed by atoms with Crippen LogP contribution in [0.2, 0.25) is 5.02 Å². The zero-order valence-electron chi connectivity index (χ0n) is 9.82. The average Bonchev–Trinajstić information content (AvgIpc) is 2.34. The zero-order valence-corrected chi connectivity index (χ0v) is 13.7. The summed E-state index contributed by atoms with van der Waals surface area (Å²) in [5.74, 6) is 0.492. The Kier molecular flexibility index (Phi) is 5.97. The predicted octanol–water partition coefficient (Wildman–Crippen LogP) is -0.141. The molecular weight excluding hydrogens is 395 g/mol. The Hall–Kier alpha value is -0.910. The number of nitrogens with zero attached hydrogens (tertiary/aromatic N) is 1. The number of ketones is 1. The molecule has 2 N–H and O–H groups in total. The number of rotatable bonds is 3. The number of Topliss-reactive ketones (excluding diaryl/α,β-unsaturated/α-hetero) is 1. The number of nitrogens with two attached hydrogens (primary N) is 1. The molecule has 0 aliphatic carbocycles. The van der Waals surface area contributed by atoms with Gasteiger partial charge in [-0.25, -0.2) is 4.57 Å². The van der Waals surface area contributed by atoms with Crippen molar-refractivity contribution in [3.63, 3.8) is 0 Å². The lowest BCUT2D eigenvalue weighted by molar-refractivity contribution is -0.668.